The second kappa shape index (κ2) is 10.0. The maximum absolute atomic E-state index is 5.22. The predicted octanol–water partition coefficient (Wildman–Crippen LogP) is 8.44. The van der Waals surface area contributed by atoms with Crippen LogP contribution in [-0.4, -0.2) is 24.1 Å². The molecule has 0 saturated carbocycles. The molecule has 3 heterocycles. The molecule has 0 aliphatic carbocycles. The maximum atomic E-state index is 5.22. The zero-order chi connectivity index (χ0) is 27.9. The molecule has 0 saturated heterocycles. The van der Waals surface area contributed by atoms with Crippen molar-refractivity contribution < 1.29 is 0 Å². The summed E-state index contributed by atoms with van der Waals surface area (Å²) < 4.78 is 4.26. The van der Waals surface area contributed by atoms with Crippen molar-refractivity contribution in [1.29, 1.82) is 0 Å². The molecule has 0 aliphatic heterocycles. The highest BCUT2D eigenvalue weighted by Crippen LogP contribution is 2.36. The molecule has 0 radical (unpaired) electrons. The van der Waals surface area contributed by atoms with E-state index in [0.717, 1.165) is 50.9 Å². The van der Waals surface area contributed by atoms with Crippen molar-refractivity contribution >= 4 is 11.0 Å². The lowest BCUT2D eigenvalue weighted by molar-refractivity contribution is 0.918. The van der Waals surface area contributed by atoms with Crippen LogP contribution in [0.1, 0.15) is 11.1 Å². The standard InChI is InChI=1S/C36H29N5/c1-24-21-28(26-11-6-4-7-12-26)22-25(2)34(24)36-39-31-18-17-27(23-33(31)41(36)29-13-8-5-9-14-29)30-15-10-16-32(38-30)35-37-19-20-40(35)3/h4-23H,1-3H3. The molecule has 0 unspecified atom stereocenters. The van der Waals surface area contributed by atoms with Gasteiger partial charge in [-0.2, -0.15) is 0 Å². The smallest absolute Gasteiger partial charge is 0.158 e. The number of hydrogen-bond donors (Lipinski definition) is 0. The Balaban J connectivity index is 1.41. The molecule has 0 fully saturated rings. The third-order valence-electron chi connectivity index (χ3n) is 7.63. The zero-order valence-corrected chi connectivity index (χ0v) is 23.3. The maximum Gasteiger partial charge on any atom is 0.158 e. The van der Waals surface area contributed by atoms with Crippen LogP contribution in [0, 0.1) is 13.8 Å². The highest BCUT2D eigenvalue weighted by Gasteiger charge is 2.19. The lowest BCUT2D eigenvalue weighted by Gasteiger charge is -2.15. The van der Waals surface area contributed by atoms with Crippen LogP contribution in [0.2, 0.25) is 0 Å². The van der Waals surface area contributed by atoms with Crippen molar-refractivity contribution in [2.24, 2.45) is 7.05 Å². The molecule has 5 heteroatoms. The predicted molar refractivity (Wildman–Crippen MR) is 167 cm³/mol. The van der Waals surface area contributed by atoms with Gasteiger partial charge in [-0.1, -0.05) is 72.8 Å². The van der Waals surface area contributed by atoms with E-state index in [9.17, 15) is 0 Å². The highest BCUT2D eigenvalue weighted by molar-refractivity contribution is 5.88. The molecule has 0 atom stereocenters. The first kappa shape index (κ1) is 24.7. The second-order valence-corrected chi connectivity index (χ2v) is 10.4. The molecule has 0 bridgehead atoms. The SMILES string of the molecule is Cc1cc(-c2ccccc2)cc(C)c1-c1nc2ccc(-c3cccc(-c4nccn4C)n3)cc2n1-c1ccccc1. The van der Waals surface area contributed by atoms with Crippen LogP contribution in [0.15, 0.2) is 122 Å². The summed E-state index contributed by atoms with van der Waals surface area (Å²) in [6, 6.07) is 38.1. The van der Waals surface area contributed by atoms with E-state index in [1.807, 2.05) is 42.1 Å². The van der Waals surface area contributed by atoms with E-state index in [1.165, 1.54) is 22.3 Å². The molecule has 0 aliphatic rings. The molecular formula is C36H29N5. The average Bonchev–Trinajstić information content (AvgIpc) is 3.60. The number of aryl methyl sites for hydroxylation is 3. The molecule has 5 nitrogen and oxygen atoms in total. The Morgan fingerprint density at radius 3 is 2.00 bits per heavy atom. The molecule has 198 valence electrons. The first-order chi connectivity index (χ1) is 20.1. The van der Waals surface area contributed by atoms with Crippen LogP contribution in [0.25, 0.3) is 62.0 Å². The van der Waals surface area contributed by atoms with Gasteiger partial charge in [-0.3, -0.25) is 4.57 Å². The Morgan fingerprint density at radius 2 is 1.29 bits per heavy atom. The van der Waals surface area contributed by atoms with Gasteiger partial charge in [0.15, 0.2) is 5.82 Å². The normalized spacial score (nSPS) is 11.3. The Kier molecular flexibility index (Phi) is 6.05. The second-order valence-electron chi connectivity index (χ2n) is 10.4. The minimum Gasteiger partial charge on any atom is -0.333 e. The van der Waals surface area contributed by atoms with Gasteiger partial charge in [0.25, 0.3) is 0 Å². The number of fused-ring (bicyclic) bond motifs is 1. The van der Waals surface area contributed by atoms with E-state index < -0.39 is 0 Å². The number of pyridine rings is 1. The molecule has 0 N–H and O–H groups in total. The summed E-state index contributed by atoms with van der Waals surface area (Å²) in [7, 11) is 1.99. The Hall–Kier alpha value is -5.29. The van der Waals surface area contributed by atoms with Crippen LogP contribution < -0.4 is 0 Å². The van der Waals surface area contributed by atoms with Crippen molar-refractivity contribution in [3.05, 3.63) is 133 Å². The van der Waals surface area contributed by atoms with Crippen molar-refractivity contribution in [2.45, 2.75) is 13.8 Å². The van der Waals surface area contributed by atoms with Gasteiger partial charge in [0.1, 0.15) is 11.5 Å². The first-order valence-corrected chi connectivity index (χ1v) is 13.8. The number of hydrogen-bond acceptors (Lipinski definition) is 3. The quantitative estimate of drug-likeness (QED) is 0.224. The van der Waals surface area contributed by atoms with Crippen molar-refractivity contribution in [3.8, 4) is 51.0 Å². The van der Waals surface area contributed by atoms with Crippen molar-refractivity contribution in [3.63, 3.8) is 0 Å². The summed E-state index contributed by atoms with van der Waals surface area (Å²) in [5.41, 5.74) is 11.8. The summed E-state index contributed by atoms with van der Waals surface area (Å²) in [5.74, 6) is 1.78. The number of nitrogens with zero attached hydrogens (tertiary/aromatic N) is 5. The third-order valence-corrected chi connectivity index (χ3v) is 7.63. The van der Waals surface area contributed by atoms with Crippen LogP contribution in [-0.2, 0) is 7.05 Å². The molecule has 3 aromatic heterocycles. The molecule has 7 aromatic rings. The van der Waals surface area contributed by atoms with E-state index in [0.29, 0.717) is 0 Å². The Bertz CT molecular complexity index is 1990. The van der Waals surface area contributed by atoms with Crippen LogP contribution in [0.4, 0.5) is 0 Å². The van der Waals surface area contributed by atoms with Gasteiger partial charge in [0, 0.05) is 36.3 Å². The fourth-order valence-corrected chi connectivity index (χ4v) is 5.69. The van der Waals surface area contributed by atoms with Crippen LogP contribution >= 0.6 is 0 Å². The van der Waals surface area contributed by atoms with Gasteiger partial charge in [0.05, 0.1) is 16.7 Å². The first-order valence-electron chi connectivity index (χ1n) is 13.8. The van der Waals surface area contributed by atoms with E-state index in [-0.39, 0.29) is 0 Å². The summed E-state index contributed by atoms with van der Waals surface area (Å²) in [6.07, 6.45) is 3.73. The Labute approximate surface area is 239 Å². The van der Waals surface area contributed by atoms with Crippen LogP contribution in [0.3, 0.4) is 0 Å². The van der Waals surface area contributed by atoms with Crippen molar-refractivity contribution in [1.82, 2.24) is 24.1 Å². The average molecular weight is 532 g/mol. The molecule has 7 rings (SSSR count). The number of benzene rings is 4. The summed E-state index contributed by atoms with van der Waals surface area (Å²) in [4.78, 5) is 14.7. The summed E-state index contributed by atoms with van der Waals surface area (Å²) in [5, 5.41) is 0. The summed E-state index contributed by atoms with van der Waals surface area (Å²) in [6.45, 7) is 4.36. The van der Waals surface area contributed by atoms with Crippen LogP contribution in [0.5, 0.6) is 0 Å². The molecule has 0 amide bonds. The molecular weight excluding hydrogens is 502 g/mol. The minimum absolute atomic E-state index is 0.842. The molecule has 4 aromatic carbocycles. The van der Waals surface area contributed by atoms with Gasteiger partial charge in [-0.25, -0.2) is 15.0 Å². The zero-order valence-electron chi connectivity index (χ0n) is 23.3. The monoisotopic (exact) mass is 531 g/mol. The van der Waals surface area contributed by atoms with E-state index in [4.69, 9.17) is 9.97 Å². The number of para-hydroxylation sites is 1. The van der Waals surface area contributed by atoms with Gasteiger partial charge in [0.2, 0.25) is 0 Å². The van der Waals surface area contributed by atoms with E-state index >= 15 is 0 Å². The largest absolute Gasteiger partial charge is 0.333 e. The minimum atomic E-state index is 0.842. The third kappa shape index (κ3) is 4.42. The van der Waals surface area contributed by atoms with E-state index in [1.54, 1.807) is 6.20 Å². The van der Waals surface area contributed by atoms with Gasteiger partial charge in [-0.05, 0) is 72.5 Å². The van der Waals surface area contributed by atoms with E-state index in [2.05, 4.69) is 108 Å². The fourth-order valence-electron chi connectivity index (χ4n) is 5.69. The topological polar surface area (TPSA) is 48.5 Å². The number of imidazole rings is 2. The number of rotatable bonds is 5. The fraction of sp³-hybridized carbons (Fsp3) is 0.0833. The van der Waals surface area contributed by atoms with Gasteiger partial charge in [-0.15, -0.1) is 0 Å². The molecule has 0 spiro atoms. The van der Waals surface area contributed by atoms with Gasteiger partial charge < -0.3 is 4.57 Å². The lowest BCUT2D eigenvalue weighted by Crippen LogP contribution is -2.01. The highest BCUT2D eigenvalue weighted by atomic mass is 15.1. The lowest BCUT2D eigenvalue weighted by atomic mass is 9.95. The molecule has 41 heavy (non-hydrogen) atoms. The Morgan fingerprint density at radius 1 is 0.585 bits per heavy atom. The summed E-state index contributed by atoms with van der Waals surface area (Å²) >= 11 is 0. The van der Waals surface area contributed by atoms with Crippen molar-refractivity contribution in [2.75, 3.05) is 0 Å². The van der Waals surface area contributed by atoms with Gasteiger partial charge >= 0.3 is 0 Å². The number of aromatic nitrogens is 5.